The molecular formula is C36H34N6O7. The monoisotopic (exact) mass is 662 g/mol. The van der Waals surface area contributed by atoms with Gasteiger partial charge >= 0.3 is 6.16 Å². The van der Waals surface area contributed by atoms with Crippen LogP contribution in [0.4, 0.5) is 10.7 Å². The number of aromatic nitrogens is 4. The van der Waals surface area contributed by atoms with E-state index in [4.69, 9.17) is 23.7 Å². The third kappa shape index (κ3) is 5.86. The zero-order valence-electron chi connectivity index (χ0n) is 26.8. The first-order valence-electron chi connectivity index (χ1n) is 16.1. The van der Waals surface area contributed by atoms with Crippen molar-refractivity contribution in [3.05, 3.63) is 112 Å². The summed E-state index contributed by atoms with van der Waals surface area (Å²) in [5.41, 5.74) is 5.16. The van der Waals surface area contributed by atoms with Crippen LogP contribution in [0, 0.1) is 0 Å². The maximum absolute atomic E-state index is 13.7. The molecule has 2 aliphatic heterocycles. The van der Waals surface area contributed by atoms with Crippen LogP contribution in [0.15, 0.2) is 95.0 Å². The van der Waals surface area contributed by atoms with Crippen LogP contribution in [0.3, 0.4) is 0 Å². The molecule has 8 rings (SSSR count). The summed E-state index contributed by atoms with van der Waals surface area (Å²) in [5, 5.41) is 0. The van der Waals surface area contributed by atoms with Crippen LogP contribution in [0.1, 0.15) is 34.9 Å². The molecule has 0 bridgehead atoms. The van der Waals surface area contributed by atoms with Gasteiger partial charge in [-0.25, -0.2) is 14.8 Å². The molecule has 2 saturated heterocycles. The summed E-state index contributed by atoms with van der Waals surface area (Å²) in [5.74, 6) is -0.0438. The van der Waals surface area contributed by atoms with Gasteiger partial charge in [-0.2, -0.15) is 4.98 Å². The lowest BCUT2D eigenvalue weighted by Crippen LogP contribution is -2.57. The molecule has 3 aliphatic rings. The zero-order chi connectivity index (χ0) is 33.5. The van der Waals surface area contributed by atoms with Crippen LogP contribution < -0.4 is 5.56 Å². The maximum Gasteiger partial charge on any atom is 0.508 e. The van der Waals surface area contributed by atoms with Crippen molar-refractivity contribution in [2.24, 2.45) is 4.99 Å². The van der Waals surface area contributed by atoms with Gasteiger partial charge in [-0.3, -0.25) is 9.78 Å². The molecule has 5 atom stereocenters. The Labute approximate surface area is 281 Å². The normalized spacial score (nSPS) is 23.2. The van der Waals surface area contributed by atoms with E-state index in [9.17, 15) is 9.59 Å². The van der Waals surface area contributed by atoms with Crippen LogP contribution in [0.5, 0.6) is 0 Å². The largest absolute Gasteiger partial charge is 0.508 e. The van der Waals surface area contributed by atoms with Gasteiger partial charge in [0, 0.05) is 25.6 Å². The number of nitrogens with one attached hydrogen (secondary N) is 1. The Hall–Kier alpha value is -5.37. The Morgan fingerprint density at radius 2 is 1.71 bits per heavy atom. The number of carbonyl (C=O) groups is 1. The molecule has 49 heavy (non-hydrogen) atoms. The van der Waals surface area contributed by atoms with Crippen LogP contribution >= 0.6 is 0 Å². The van der Waals surface area contributed by atoms with Crippen molar-refractivity contribution < 1.29 is 28.5 Å². The minimum Gasteiger partial charge on any atom is -0.433 e. The molecule has 5 aromatic rings. The SMILES string of the molecule is CN(C)/C=N/c1nc2c(ncn2[C@@H]2CO[C@@H]3CO[C@@H](c4ccccc4)O[C@H]3[C@H]2OC(=O)OCC2c3ccccc3-c3ccccc32)c(=O)[nH]1. The van der Waals surface area contributed by atoms with E-state index in [2.05, 4.69) is 44.2 Å². The van der Waals surface area contributed by atoms with E-state index in [1.165, 1.54) is 12.7 Å². The van der Waals surface area contributed by atoms with Gasteiger partial charge in [-0.05, 0) is 22.3 Å². The quantitative estimate of drug-likeness (QED) is 0.148. The maximum atomic E-state index is 13.7. The molecule has 2 fully saturated rings. The van der Waals surface area contributed by atoms with Crippen molar-refractivity contribution in [1.82, 2.24) is 24.4 Å². The third-order valence-electron chi connectivity index (χ3n) is 9.07. The highest BCUT2D eigenvalue weighted by molar-refractivity contribution is 5.79. The number of hydrogen-bond acceptors (Lipinski definition) is 10. The summed E-state index contributed by atoms with van der Waals surface area (Å²) < 4.78 is 32.5. The fraction of sp³-hybridized carbons (Fsp3) is 0.306. The molecule has 13 heteroatoms. The number of H-pyrrole nitrogens is 1. The molecule has 2 aromatic heterocycles. The first kappa shape index (κ1) is 30.9. The van der Waals surface area contributed by atoms with E-state index in [0.717, 1.165) is 27.8 Å². The van der Waals surface area contributed by atoms with E-state index < -0.39 is 42.4 Å². The third-order valence-corrected chi connectivity index (χ3v) is 9.07. The van der Waals surface area contributed by atoms with Crippen molar-refractivity contribution in [2.75, 3.05) is 33.9 Å². The van der Waals surface area contributed by atoms with Crippen LogP contribution in [0.2, 0.25) is 0 Å². The summed E-state index contributed by atoms with van der Waals surface area (Å²) in [4.78, 5) is 44.2. The highest BCUT2D eigenvalue weighted by atomic mass is 16.8. The molecule has 1 N–H and O–H groups in total. The number of nitrogens with zero attached hydrogens (tertiary/aromatic N) is 5. The predicted molar refractivity (Wildman–Crippen MR) is 179 cm³/mol. The van der Waals surface area contributed by atoms with Gasteiger partial charge in [0.15, 0.2) is 23.6 Å². The Balaban J connectivity index is 1.11. The minimum absolute atomic E-state index is 0.0869. The predicted octanol–water partition coefficient (Wildman–Crippen LogP) is 4.73. The lowest BCUT2D eigenvalue weighted by Gasteiger charge is -2.46. The van der Waals surface area contributed by atoms with Crippen molar-refractivity contribution >= 4 is 29.6 Å². The fourth-order valence-corrected chi connectivity index (χ4v) is 6.81. The summed E-state index contributed by atoms with van der Waals surface area (Å²) in [7, 11) is 3.62. The number of carbonyl (C=O) groups excluding carboxylic acids is 1. The molecule has 0 amide bonds. The average molecular weight is 663 g/mol. The standard InChI is InChI=1S/C36H34N6O7/c1-41(2)19-38-35-39-32-29(33(43)40-35)37-20-42(32)27-17-45-28-18-46-34(21-10-4-3-5-11-21)48-31(28)30(27)49-36(44)47-16-26-24-14-8-6-12-22(24)23-13-7-9-15-25(23)26/h3-15,19-20,26-28,30-31,34H,16-18H2,1-2H3,(H,39,40,43)/b38-19+/t27-,28-,30+,31-,34-/m1/s1. The molecule has 250 valence electrons. The summed E-state index contributed by atoms with van der Waals surface area (Å²) in [6.45, 7) is 0.401. The van der Waals surface area contributed by atoms with Crippen LogP contribution in [-0.4, -0.2) is 89.1 Å². The highest BCUT2D eigenvalue weighted by Gasteiger charge is 2.49. The van der Waals surface area contributed by atoms with E-state index in [0.29, 0.717) is 0 Å². The van der Waals surface area contributed by atoms with E-state index >= 15 is 0 Å². The van der Waals surface area contributed by atoms with Gasteiger partial charge in [-0.1, -0.05) is 78.9 Å². The number of imidazole rings is 1. The van der Waals surface area contributed by atoms with Crippen molar-refractivity contribution in [1.29, 1.82) is 0 Å². The Morgan fingerprint density at radius 3 is 2.45 bits per heavy atom. The molecule has 3 aromatic carbocycles. The van der Waals surface area contributed by atoms with Crippen molar-refractivity contribution in [2.45, 2.75) is 36.6 Å². The van der Waals surface area contributed by atoms with E-state index in [1.54, 1.807) is 9.47 Å². The molecule has 4 heterocycles. The molecule has 0 radical (unpaired) electrons. The number of hydrogen-bond donors (Lipinski definition) is 1. The molecule has 1 aliphatic carbocycles. The Bertz CT molecular complexity index is 2030. The van der Waals surface area contributed by atoms with Crippen molar-refractivity contribution in [3.8, 4) is 11.1 Å². The molecule has 0 unspecified atom stereocenters. The van der Waals surface area contributed by atoms with Gasteiger partial charge < -0.3 is 33.2 Å². The lowest BCUT2D eigenvalue weighted by molar-refractivity contribution is -0.306. The van der Waals surface area contributed by atoms with Gasteiger partial charge in [-0.15, -0.1) is 0 Å². The number of fused-ring (bicyclic) bond motifs is 5. The summed E-state index contributed by atoms with van der Waals surface area (Å²) in [6.07, 6.45) is -0.749. The minimum atomic E-state index is -0.920. The lowest BCUT2D eigenvalue weighted by atomic mass is 9.96. The van der Waals surface area contributed by atoms with Crippen LogP contribution in [0.25, 0.3) is 22.3 Å². The number of rotatable bonds is 7. The van der Waals surface area contributed by atoms with Gasteiger partial charge in [0.2, 0.25) is 5.95 Å². The molecule has 0 spiro atoms. The number of aromatic amines is 1. The first-order chi connectivity index (χ1) is 23.9. The highest BCUT2D eigenvalue weighted by Crippen LogP contribution is 2.45. The molecule has 13 nitrogen and oxygen atoms in total. The number of aliphatic imine (C=N–C) groups is 1. The van der Waals surface area contributed by atoms with Gasteiger partial charge in [0.1, 0.15) is 18.8 Å². The van der Waals surface area contributed by atoms with Crippen LogP contribution in [-0.2, 0) is 23.7 Å². The average Bonchev–Trinajstić information content (AvgIpc) is 3.70. The Kier molecular flexibility index (Phi) is 8.15. The summed E-state index contributed by atoms with van der Waals surface area (Å²) in [6, 6.07) is 25.1. The first-order valence-corrected chi connectivity index (χ1v) is 16.1. The van der Waals surface area contributed by atoms with Gasteiger partial charge in [0.05, 0.1) is 31.9 Å². The van der Waals surface area contributed by atoms with E-state index in [-0.39, 0.29) is 42.9 Å². The second-order valence-electron chi connectivity index (χ2n) is 12.4. The van der Waals surface area contributed by atoms with E-state index in [1.807, 2.05) is 68.7 Å². The molecular weight excluding hydrogens is 628 g/mol. The fourth-order valence-electron chi connectivity index (χ4n) is 6.81. The number of ether oxygens (including phenoxy) is 5. The summed E-state index contributed by atoms with van der Waals surface area (Å²) >= 11 is 0. The van der Waals surface area contributed by atoms with Gasteiger partial charge in [0.25, 0.3) is 5.56 Å². The smallest absolute Gasteiger partial charge is 0.433 e. The Morgan fingerprint density at radius 1 is 1.00 bits per heavy atom. The second-order valence-corrected chi connectivity index (χ2v) is 12.4. The zero-order valence-corrected chi connectivity index (χ0v) is 26.8. The molecule has 0 saturated carbocycles. The topological polar surface area (TPSA) is 142 Å². The second kappa shape index (κ2) is 12.9. The number of benzene rings is 3. The van der Waals surface area contributed by atoms with Crippen molar-refractivity contribution in [3.63, 3.8) is 0 Å².